The summed E-state index contributed by atoms with van der Waals surface area (Å²) in [5.74, 6) is -1.88. The Kier molecular flexibility index (Phi) is 13.4. The molecule has 1 saturated carbocycles. The van der Waals surface area contributed by atoms with Gasteiger partial charge in [-0.15, -0.1) is 0 Å². The molecule has 0 aliphatic heterocycles. The van der Waals surface area contributed by atoms with Crippen LogP contribution in [0.25, 0.3) is 0 Å². The number of benzene rings is 2. The van der Waals surface area contributed by atoms with Gasteiger partial charge in [0.1, 0.15) is 18.7 Å². The number of aliphatic carboxylic acids is 1. The molecule has 0 saturated heterocycles. The van der Waals surface area contributed by atoms with E-state index in [1.807, 2.05) is 18.2 Å². The van der Waals surface area contributed by atoms with Crippen molar-refractivity contribution in [2.45, 2.75) is 76.5 Å². The molecule has 9 nitrogen and oxygen atoms in total. The Bertz CT molecular complexity index is 1220. The highest BCUT2D eigenvalue weighted by Gasteiger charge is 2.30. The highest BCUT2D eigenvalue weighted by molar-refractivity contribution is 6.30. The number of nitrogens with zero attached hydrogens (tertiary/aromatic N) is 1. The Hall–Kier alpha value is -3.30. The lowest BCUT2D eigenvalue weighted by Gasteiger charge is -2.27. The number of hydrogen-bond acceptors (Lipinski definition) is 5. The van der Waals surface area contributed by atoms with Gasteiger partial charge in [0.25, 0.3) is 0 Å². The molecule has 1 fully saturated rings. The van der Waals surface area contributed by atoms with E-state index in [0.29, 0.717) is 35.0 Å². The average molecular weight is 621 g/mol. The van der Waals surface area contributed by atoms with Crippen molar-refractivity contribution >= 4 is 47.1 Å². The smallest absolute Gasteiger partial charge is 0.408 e. The van der Waals surface area contributed by atoms with Crippen LogP contribution in [-0.4, -0.2) is 59.6 Å². The van der Waals surface area contributed by atoms with Crippen molar-refractivity contribution in [2.24, 2.45) is 5.92 Å². The summed E-state index contributed by atoms with van der Waals surface area (Å²) in [6.07, 6.45) is 5.12. The minimum atomic E-state index is -1.29. The van der Waals surface area contributed by atoms with Gasteiger partial charge in [-0.3, -0.25) is 9.59 Å². The highest BCUT2D eigenvalue weighted by atomic mass is 35.5. The second-order valence-electron chi connectivity index (χ2n) is 10.8. The Morgan fingerprint density at radius 1 is 0.952 bits per heavy atom. The number of amides is 3. The molecule has 2 unspecified atom stereocenters. The van der Waals surface area contributed by atoms with Gasteiger partial charge in [0, 0.05) is 30.1 Å². The Morgan fingerprint density at radius 3 is 2.24 bits per heavy atom. The summed E-state index contributed by atoms with van der Waals surface area (Å²) in [7, 11) is 1.65. The second kappa shape index (κ2) is 17.0. The second-order valence-corrected chi connectivity index (χ2v) is 11.6. The van der Waals surface area contributed by atoms with Crippen molar-refractivity contribution < 1.29 is 29.0 Å². The fraction of sp³-hybridized carbons (Fsp3) is 0.484. The molecule has 2 aromatic carbocycles. The van der Waals surface area contributed by atoms with Gasteiger partial charge in [-0.2, -0.15) is 0 Å². The van der Waals surface area contributed by atoms with Crippen LogP contribution in [0, 0.1) is 5.92 Å². The van der Waals surface area contributed by atoms with E-state index >= 15 is 0 Å². The number of carbonyl (C=O) groups is 4. The quantitative estimate of drug-likeness (QED) is 0.252. The number of alkyl carbamates (subject to hydrolysis) is 1. The molecule has 0 bridgehead atoms. The van der Waals surface area contributed by atoms with E-state index in [1.165, 1.54) is 4.90 Å². The van der Waals surface area contributed by atoms with Crippen molar-refractivity contribution in [3.63, 3.8) is 0 Å². The lowest BCUT2D eigenvalue weighted by atomic mass is 9.84. The van der Waals surface area contributed by atoms with Crippen molar-refractivity contribution in [1.29, 1.82) is 0 Å². The molecule has 0 radical (unpaired) electrons. The molecule has 2 atom stereocenters. The van der Waals surface area contributed by atoms with Crippen LogP contribution >= 0.6 is 23.2 Å². The van der Waals surface area contributed by atoms with E-state index in [2.05, 4.69) is 10.6 Å². The number of ether oxygens (including phenoxy) is 1. The minimum absolute atomic E-state index is 0.0329. The van der Waals surface area contributed by atoms with Crippen LogP contribution in [0.5, 0.6) is 0 Å². The third-order valence-corrected chi connectivity index (χ3v) is 7.94. The third kappa shape index (κ3) is 11.5. The monoisotopic (exact) mass is 619 g/mol. The molecule has 2 aromatic rings. The van der Waals surface area contributed by atoms with Crippen molar-refractivity contribution in [3.05, 3.63) is 69.7 Å². The van der Waals surface area contributed by atoms with Gasteiger partial charge in [0.05, 0.1) is 0 Å². The van der Waals surface area contributed by atoms with Gasteiger partial charge in [0.2, 0.25) is 11.8 Å². The number of halogens is 2. The molecule has 11 heteroatoms. The van der Waals surface area contributed by atoms with Crippen LogP contribution < -0.4 is 10.6 Å². The molecule has 0 spiro atoms. The van der Waals surface area contributed by atoms with Crippen LogP contribution in [0.3, 0.4) is 0 Å². The molecule has 1 aliphatic carbocycles. The van der Waals surface area contributed by atoms with E-state index in [-0.39, 0.29) is 31.3 Å². The van der Waals surface area contributed by atoms with Gasteiger partial charge < -0.3 is 25.4 Å². The molecular weight excluding hydrogens is 581 g/mol. The minimum Gasteiger partial charge on any atom is -0.480 e. The predicted octanol–water partition coefficient (Wildman–Crippen LogP) is 5.61. The number of carbonyl (C=O) groups excluding carboxylic acids is 3. The zero-order valence-electron chi connectivity index (χ0n) is 23.8. The highest BCUT2D eigenvalue weighted by Crippen LogP contribution is 2.27. The molecule has 1 aliphatic rings. The van der Waals surface area contributed by atoms with E-state index in [0.717, 1.165) is 37.7 Å². The standard InChI is InChI=1S/C31H39Cl2N3O6/c1-36(16-15-22-9-5-11-24(32)17-22)28(37)14-13-26(30(39)40)34-29(38)27(19-21-7-3-2-4-8-21)35-31(41)42-20-23-10-6-12-25(33)18-23/h5-6,9-12,17-18,21,26-27H,2-4,7-8,13-16,19-20H2,1H3,(H,34,38)(H,35,41)(H,39,40). The molecule has 228 valence electrons. The largest absolute Gasteiger partial charge is 0.480 e. The van der Waals surface area contributed by atoms with Gasteiger partial charge in [0.15, 0.2) is 0 Å². The van der Waals surface area contributed by atoms with Crippen molar-refractivity contribution in [2.75, 3.05) is 13.6 Å². The van der Waals surface area contributed by atoms with Gasteiger partial charge >= 0.3 is 12.1 Å². The van der Waals surface area contributed by atoms with Crippen LogP contribution in [-0.2, 0) is 32.1 Å². The van der Waals surface area contributed by atoms with Crippen molar-refractivity contribution in [3.8, 4) is 0 Å². The van der Waals surface area contributed by atoms with E-state index in [4.69, 9.17) is 27.9 Å². The number of likely N-dealkylation sites (N-methyl/N-ethyl adjacent to an activating group) is 1. The zero-order chi connectivity index (χ0) is 30.5. The first-order valence-corrected chi connectivity index (χ1v) is 15.1. The molecule has 3 N–H and O–H groups in total. The Morgan fingerprint density at radius 2 is 1.60 bits per heavy atom. The first-order chi connectivity index (χ1) is 20.1. The summed E-state index contributed by atoms with van der Waals surface area (Å²) in [6.45, 7) is 0.406. The zero-order valence-corrected chi connectivity index (χ0v) is 25.3. The molecule has 0 aromatic heterocycles. The normalized spacial score (nSPS) is 14.8. The number of hydrogen-bond donors (Lipinski definition) is 3. The van der Waals surface area contributed by atoms with E-state index < -0.39 is 30.1 Å². The van der Waals surface area contributed by atoms with Gasteiger partial charge in [-0.25, -0.2) is 9.59 Å². The van der Waals surface area contributed by atoms with Crippen LogP contribution in [0.1, 0.15) is 62.5 Å². The Balaban J connectivity index is 1.55. The van der Waals surface area contributed by atoms with E-state index in [9.17, 15) is 24.3 Å². The van der Waals surface area contributed by atoms with Gasteiger partial charge in [-0.1, -0.05) is 79.6 Å². The summed E-state index contributed by atoms with van der Waals surface area (Å²) in [5, 5.41) is 16.1. The summed E-state index contributed by atoms with van der Waals surface area (Å²) in [5.41, 5.74) is 1.68. The summed E-state index contributed by atoms with van der Waals surface area (Å²) in [4.78, 5) is 52.2. The van der Waals surface area contributed by atoms with Crippen molar-refractivity contribution in [1.82, 2.24) is 15.5 Å². The maximum absolute atomic E-state index is 13.3. The number of rotatable bonds is 14. The summed E-state index contributed by atoms with van der Waals surface area (Å²) < 4.78 is 5.31. The molecule has 0 heterocycles. The number of carboxylic acids is 1. The van der Waals surface area contributed by atoms with Crippen LogP contribution in [0.2, 0.25) is 10.0 Å². The fourth-order valence-electron chi connectivity index (χ4n) is 5.05. The van der Waals surface area contributed by atoms with Crippen LogP contribution in [0.15, 0.2) is 48.5 Å². The summed E-state index contributed by atoms with van der Waals surface area (Å²) >= 11 is 12.0. The first kappa shape index (κ1) is 33.2. The molecule has 42 heavy (non-hydrogen) atoms. The van der Waals surface area contributed by atoms with Crippen LogP contribution in [0.4, 0.5) is 4.79 Å². The number of carboxylic acid groups (broad SMARTS) is 1. The first-order valence-electron chi connectivity index (χ1n) is 14.3. The lowest BCUT2D eigenvalue weighted by molar-refractivity contribution is -0.142. The summed E-state index contributed by atoms with van der Waals surface area (Å²) in [6, 6.07) is 12.0. The fourth-order valence-corrected chi connectivity index (χ4v) is 5.48. The molecule has 3 rings (SSSR count). The maximum Gasteiger partial charge on any atom is 0.408 e. The average Bonchev–Trinajstić information content (AvgIpc) is 2.96. The third-order valence-electron chi connectivity index (χ3n) is 7.47. The van der Waals surface area contributed by atoms with Gasteiger partial charge in [-0.05, 0) is 60.6 Å². The molecule has 3 amide bonds. The van der Waals surface area contributed by atoms with E-state index in [1.54, 1.807) is 37.4 Å². The maximum atomic E-state index is 13.3. The lowest BCUT2D eigenvalue weighted by Crippen LogP contribution is -2.52. The Labute approximate surface area is 256 Å². The SMILES string of the molecule is CN(CCc1cccc(Cl)c1)C(=O)CCC(NC(=O)C(CC1CCCCC1)NC(=O)OCc1cccc(Cl)c1)C(=O)O. The predicted molar refractivity (Wildman–Crippen MR) is 161 cm³/mol. The topological polar surface area (TPSA) is 125 Å². The number of nitrogens with one attached hydrogen (secondary N) is 2. The molecular formula is C31H39Cl2N3O6.